The Hall–Kier alpha value is -2.83. The third-order valence-electron chi connectivity index (χ3n) is 3.89. The third-order valence-corrected chi connectivity index (χ3v) is 3.89. The molecule has 1 aliphatic rings. The number of pyridine rings is 1. The number of carbonyl (C=O) groups excluding carboxylic acids is 1. The van der Waals surface area contributed by atoms with E-state index in [2.05, 4.69) is 10.3 Å². The van der Waals surface area contributed by atoms with Gasteiger partial charge in [-0.3, -0.25) is 4.98 Å². The van der Waals surface area contributed by atoms with Gasteiger partial charge in [-0.15, -0.1) is 0 Å². The zero-order valence-electron chi connectivity index (χ0n) is 14.4. The van der Waals surface area contributed by atoms with E-state index in [1.807, 2.05) is 26.0 Å². The fourth-order valence-electron chi connectivity index (χ4n) is 2.75. The van der Waals surface area contributed by atoms with Crippen molar-refractivity contribution in [2.24, 2.45) is 0 Å². The Morgan fingerprint density at radius 1 is 1.40 bits per heavy atom. The predicted molar refractivity (Wildman–Crippen MR) is 91.3 cm³/mol. The lowest BCUT2D eigenvalue weighted by Gasteiger charge is -2.29. The molecule has 2 amide bonds. The molecule has 0 bridgehead atoms. The summed E-state index contributed by atoms with van der Waals surface area (Å²) < 4.78 is 25.0. The van der Waals surface area contributed by atoms with Gasteiger partial charge in [0.2, 0.25) is 0 Å². The van der Waals surface area contributed by atoms with Crippen LogP contribution in [-0.2, 0) is 6.54 Å². The molecule has 0 saturated heterocycles. The number of fused-ring (bicyclic) bond motifs is 1. The van der Waals surface area contributed by atoms with Crippen molar-refractivity contribution in [1.82, 2.24) is 9.88 Å². The molecule has 6 nitrogen and oxygen atoms in total. The van der Waals surface area contributed by atoms with Crippen LogP contribution in [0.1, 0.15) is 19.4 Å². The van der Waals surface area contributed by atoms with Crippen molar-refractivity contribution in [3.63, 3.8) is 0 Å². The van der Waals surface area contributed by atoms with Crippen LogP contribution in [0, 0.1) is 5.82 Å². The average molecular weight is 345 g/mol. The van der Waals surface area contributed by atoms with Crippen LogP contribution in [0.5, 0.6) is 11.5 Å². The van der Waals surface area contributed by atoms with Crippen molar-refractivity contribution < 1.29 is 18.7 Å². The first-order valence-corrected chi connectivity index (χ1v) is 7.89. The Kier molecular flexibility index (Phi) is 4.48. The summed E-state index contributed by atoms with van der Waals surface area (Å²) in [4.78, 5) is 17.9. The van der Waals surface area contributed by atoms with E-state index in [9.17, 15) is 9.18 Å². The van der Waals surface area contributed by atoms with E-state index < -0.39 is 17.4 Å². The van der Waals surface area contributed by atoms with Gasteiger partial charge in [-0.1, -0.05) is 0 Å². The Labute approximate surface area is 145 Å². The fraction of sp³-hybridized carbons (Fsp3) is 0.333. The fourth-order valence-corrected chi connectivity index (χ4v) is 2.75. The van der Waals surface area contributed by atoms with Gasteiger partial charge in [0.1, 0.15) is 17.1 Å². The Morgan fingerprint density at radius 3 is 2.92 bits per heavy atom. The number of nitrogens with one attached hydrogen (secondary N) is 1. The van der Waals surface area contributed by atoms with Gasteiger partial charge in [-0.05, 0) is 32.0 Å². The van der Waals surface area contributed by atoms with Crippen LogP contribution in [0.15, 0.2) is 36.7 Å². The number of halogens is 1. The van der Waals surface area contributed by atoms with Gasteiger partial charge in [-0.2, -0.15) is 0 Å². The molecule has 0 spiro atoms. The molecule has 0 radical (unpaired) electrons. The van der Waals surface area contributed by atoms with Gasteiger partial charge in [0.15, 0.2) is 5.82 Å². The molecule has 25 heavy (non-hydrogen) atoms. The highest BCUT2D eigenvalue weighted by molar-refractivity contribution is 5.89. The predicted octanol–water partition coefficient (Wildman–Crippen LogP) is 3.43. The van der Waals surface area contributed by atoms with Crippen LogP contribution in [0.4, 0.5) is 14.9 Å². The molecule has 1 aromatic heterocycles. The molecule has 0 atom stereocenters. The largest absolute Gasteiger partial charge is 0.497 e. The highest BCUT2D eigenvalue weighted by atomic mass is 19.1. The van der Waals surface area contributed by atoms with Gasteiger partial charge < -0.3 is 19.7 Å². The monoisotopic (exact) mass is 345 g/mol. The number of amides is 2. The smallest absolute Gasteiger partial charge is 0.322 e. The lowest BCUT2D eigenvalue weighted by atomic mass is 10.1. The van der Waals surface area contributed by atoms with Crippen LogP contribution in [0.2, 0.25) is 0 Å². The van der Waals surface area contributed by atoms with Crippen molar-refractivity contribution in [1.29, 1.82) is 0 Å². The highest BCUT2D eigenvalue weighted by Gasteiger charge is 2.32. The van der Waals surface area contributed by atoms with Crippen molar-refractivity contribution >= 4 is 11.7 Å². The lowest BCUT2D eigenvalue weighted by molar-refractivity contribution is 0.0833. The van der Waals surface area contributed by atoms with E-state index in [1.54, 1.807) is 18.1 Å². The number of benzene rings is 1. The quantitative estimate of drug-likeness (QED) is 0.906. The average Bonchev–Trinajstić information content (AvgIpc) is 2.70. The Morgan fingerprint density at radius 2 is 2.20 bits per heavy atom. The third kappa shape index (κ3) is 3.81. The van der Waals surface area contributed by atoms with Crippen LogP contribution in [0.3, 0.4) is 0 Å². The molecular formula is C18H20FN3O3. The lowest BCUT2D eigenvalue weighted by Crippen LogP contribution is -2.44. The first-order valence-electron chi connectivity index (χ1n) is 7.89. The first kappa shape index (κ1) is 17.0. The van der Waals surface area contributed by atoms with E-state index in [0.717, 1.165) is 11.8 Å². The number of anilines is 1. The molecular weight excluding hydrogens is 325 g/mol. The summed E-state index contributed by atoms with van der Waals surface area (Å²) in [5.74, 6) is 0.785. The van der Waals surface area contributed by atoms with Crippen molar-refractivity contribution in [2.75, 3.05) is 19.0 Å². The molecule has 1 aliphatic heterocycles. The summed E-state index contributed by atoms with van der Waals surface area (Å²) in [5.41, 5.74) is 0.348. The number of rotatable bonds is 2. The Bertz CT molecular complexity index is 795. The number of ether oxygens (including phenoxy) is 2. The molecule has 1 N–H and O–H groups in total. The maximum absolute atomic E-state index is 13.7. The van der Waals surface area contributed by atoms with Gasteiger partial charge in [0.25, 0.3) is 0 Å². The van der Waals surface area contributed by atoms with Gasteiger partial charge >= 0.3 is 6.03 Å². The minimum absolute atomic E-state index is 0.0953. The van der Waals surface area contributed by atoms with Crippen molar-refractivity contribution in [2.45, 2.75) is 26.0 Å². The number of hydrogen-bond acceptors (Lipinski definition) is 4. The second-order valence-electron chi connectivity index (χ2n) is 6.48. The molecule has 2 aromatic rings. The van der Waals surface area contributed by atoms with E-state index in [4.69, 9.17) is 9.47 Å². The minimum Gasteiger partial charge on any atom is -0.497 e. The highest BCUT2D eigenvalue weighted by Crippen LogP contribution is 2.32. The maximum Gasteiger partial charge on any atom is 0.322 e. The molecule has 2 heterocycles. The molecule has 132 valence electrons. The summed E-state index contributed by atoms with van der Waals surface area (Å²) in [6.07, 6.45) is 2.49. The number of nitrogens with zero attached hydrogens (tertiary/aromatic N) is 2. The van der Waals surface area contributed by atoms with Crippen LogP contribution in [-0.4, -0.2) is 35.2 Å². The standard InChI is InChI=1S/C18H20FN3O3/c1-18(2)11-22(17(23)21-15-6-7-20-9-14(15)19)10-12-4-5-13(24-3)8-16(12)25-18/h4-9H,10-11H2,1-3H3,(H,20,21,23). The molecule has 0 aliphatic carbocycles. The van der Waals surface area contributed by atoms with Crippen LogP contribution in [0.25, 0.3) is 0 Å². The molecule has 0 saturated carbocycles. The van der Waals surface area contributed by atoms with Gasteiger partial charge in [0, 0.05) is 17.8 Å². The van der Waals surface area contributed by atoms with E-state index >= 15 is 0 Å². The number of hydrogen-bond donors (Lipinski definition) is 1. The molecule has 3 rings (SSSR count). The summed E-state index contributed by atoms with van der Waals surface area (Å²) in [7, 11) is 1.59. The summed E-state index contributed by atoms with van der Waals surface area (Å²) in [6.45, 7) is 4.49. The zero-order valence-corrected chi connectivity index (χ0v) is 14.4. The topological polar surface area (TPSA) is 63.7 Å². The minimum atomic E-state index is -0.605. The summed E-state index contributed by atoms with van der Waals surface area (Å²) in [5, 5.41) is 2.59. The van der Waals surface area contributed by atoms with E-state index in [-0.39, 0.29) is 5.69 Å². The van der Waals surface area contributed by atoms with E-state index in [0.29, 0.717) is 24.6 Å². The van der Waals surface area contributed by atoms with Crippen molar-refractivity contribution in [3.8, 4) is 11.5 Å². The number of urea groups is 1. The van der Waals surface area contributed by atoms with Crippen LogP contribution < -0.4 is 14.8 Å². The second-order valence-corrected chi connectivity index (χ2v) is 6.48. The normalized spacial score (nSPS) is 15.6. The summed E-state index contributed by atoms with van der Waals surface area (Å²) in [6, 6.07) is 6.51. The number of aromatic nitrogens is 1. The second kappa shape index (κ2) is 6.58. The summed E-state index contributed by atoms with van der Waals surface area (Å²) >= 11 is 0. The Balaban J connectivity index is 1.86. The zero-order chi connectivity index (χ0) is 18.0. The first-order chi connectivity index (χ1) is 11.9. The SMILES string of the molecule is COc1ccc2c(c1)OC(C)(C)CN(C(=O)Nc1ccncc1F)C2. The number of carbonyl (C=O) groups is 1. The molecule has 7 heteroatoms. The maximum atomic E-state index is 13.7. The van der Waals surface area contributed by atoms with Gasteiger partial charge in [-0.25, -0.2) is 9.18 Å². The number of methoxy groups -OCH3 is 1. The van der Waals surface area contributed by atoms with Gasteiger partial charge in [0.05, 0.1) is 32.1 Å². The van der Waals surface area contributed by atoms with Crippen molar-refractivity contribution in [3.05, 3.63) is 48.0 Å². The molecule has 0 unspecified atom stereocenters. The van der Waals surface area contributed by atoms with E-state index in [1.165, 1.54) is 12.3 Å². The molecule has 1 aromatic carbocycles. The molecule has 0 fully saturated rings. The van der Waals surface area contributed by atoms with Crippen LogP contribution >= 0.6 is 0 Å².